The fourth-order valence-corrected chi connectivity index (χ4v) is 15.8. The molecule has 0 N–H and O–H groups in total. The van der Waals surface area contributed by atoms with Gasteiger partial charge in [-0.05, 0) is 197 Å². The molecule has 0 amide bonds. The summed E-state index contributed by atoms with van der Waals surface area (Å²) in [5.41, 5.74) is 13.4. The van der Waals surface area contributed by atoms with E-state index in [2.05, 4.69) is 195 Å². The second-order valence-electron chi connectivity index (χ2n) is 25.4. The van der Waals surface area contributed by atoms with Gasteiger partial charge in [0.1, 0.15) is 0 Å². The Hall–Kier alpha value is -7.42. The van der Waals surface area contributed by atoms with Gasteiger partial charge >= 0.3 is 0 Å². The van der Waals surface area contributed by atoms with Crippen LogP contribution in [0.25, 0.3) is 141 Å². The van der Waals surface area contributed by atoms with E-state index < -0.39 is 0 Å². The maximum Gasteiger partial charge on any atom is 0.0491 e. The molecule has 0 radical (unpaired) electrons. The molecule has 0 fully saturated rings. The Morgan fingerprint density at radius 3 is 0.917 bits per heavy atom. The third-order valence-corrected chi connectivity index (χ3v) is 20.1. The lowest BCUT2D eigenvalue weighted by Gasteiger charge is -2.23. The Morgan fingerprint density at radius 1 is 0.226 bits per heavy atom. The molecule has 0 atom stereocenters. The van der Waals surface area contributed by atoms with Crippen LogP contribution in [0.1, 0.15) is 167 Å². The molecular weight excluding hydrogens is 1010 g/mol. The van der Waals surface area contributed by atoms with Gasteiger partial charge < -0.3 is 9.13 Å². The molecule has 424 valence electrons. The Bertz CT molecular complexity index is 4380. The summed E-state index contributed by atoms with van der Waals surface area (Å²) in [6.45, 7) is 11.1. The van der Waals surface area contributed by atoms with Crippen LogP contribution in [0.5, 0.6) is 0 Å². The summed E-state index contributed by atoms with van der Waals surface area (Å²) >= 11 is 0. The van der Waals surface area contributed by atoms with Crippen LogP contribution >= 0.6 is 0 Å². The van der Waals surface area contributed by atoms with Crippen LogP contribution in [0.15, 0.2) is 158 Å². The number of hydrogen-bond donors (Lipinski definition) is 0. The molecule has 0 unspecified atom stereocenters. The fraction of sp³-hybridized carbons (Fsp3) is 0.341. The monoisotopic (exact) mass is 1100 g/mol. The normalized spacial score (nSPS) is 12.5. The highest BCUT2D eigenvalue weighted by Crippen LogP contribution is 2.52. The van der Waals surface area contributed by atoms with Gasteiger partial charge in [0, 0.05) is 56.7 Å². The van der Waals surface area contributed by atoms with Gasteiger partial charge in [-0.3, -0.25) is 0 Å². The summed E-state index contributed by atoms with van der Waals surface area (Å²) < 4.78 is 4.95. The molecule has 2 aromatic heterocycles. The predicted octanol–water partition coefficient (Wildman–Crippen LogP) is 25.2. The van der Waals surface area contributed by atoms with E-state index in [-0.39, 0.29) is 0 Å². The first-order valence-electron chi connectivity index (χ1n) is 33.4. The van der Waals surface area contributed by atoms with Gasteiger partial charge in [0.2, 0.25) is 0 Å². The van der Waals surface area contributed by atoms with Crippen molar-refractivity contribution in [2.24, 2.45) is 0 Å². The first-order valence-corrected chi connectivity index (χ1v) is 33.4. The van der Waals surface area contributed by atoms with Crippen molar-refractivity contribution in [3.05, 3.63) is 169 Å². The minimum atomic E-state index is 0.952. The van der Waals surface area contributed by atoms with Crippen molar-refractivity contribution in [3.63, 3.8) is 0 Å². The molecule has 2 heteroatoms. The zero-order valence-corrected chi connectivity index (χ0v) is 50.9. The lowest BCUT2D eigenvalue weighted by molar-refractivity contribution is 0.556. The molecule has 0 saturated heterocycles. The number of rotatable bonds is 26. The summed E-state index contributed by atoms with van der Waals surface area (Å²) in [7, 11) is 0. The average molecular weight is 1100 g/mol. The van der Waals surface area contributed by atoms with Crippen molar-refractivity contribution < 1.29 is 0 Å². The van der Waals surface area contributed by atoms with Crippen LogP contribution < -0.4 is 0 Å². The summed E-state index contributed by atoms with van der Waals surface area (Å²) in [6.07, 6.45) is 29.2. The van der Waals surface area contributed by atoms with Crippen molar-refractivity contribution in [3.8, 4) is 22.3 Å². The molecule has 0 saturated carbocycles. The van der Waals surface area contributed by atoms with Crippen molar-refractivity contribution >= 4 is 119 Å². The predicted molar refractivity (Wildman–Crippen MR) is 371 cm³/mol. The summed E-state index contributed by atoms with van der Waals surface area (Å²) in [5.74, 6) is 0. The molecule has 14 aromatic rings. The first-order chi connectivity index (χ1) is 41.5. The highest BCUT2D eigenvalue weighted by atomic mass is 15.0. The summed E-state index contributed by atoms with van der Waals surface area (Å²) in [6, 6.07) is 62.9. The van der Waals surface area contributed by atoms with Crippen molar-refractivity contribution in [1.29, 1.82) is 0 Å². The largest absolute Gasteiger partial charge is 0.341 e. The number of benzene rings is 12. The standard InChI is InChI=1S/C82H86N2/c1-5-9-11-13-15-17-19-21-23-25-31-55-47-71-67-51-57(59-39-45-77-69(53-59)63-33-27-29-35-75(63)83(77)7-3)37-41-61(67)65-43-44-66-62-42-38-58(60-40-46-78-70(54-60)64-34-28-30-36-76(64)84(78)8-4)52-68(62)72-48-56(32-26-24-22-20-18-16-14-12-10-6-2)50-74-73(49-55)79(71)81(65)82(66)80(72)74/h27-30,33-54H,5-26,31-32H2,1-4H3. The molecule has 0 aliphatic carbocycles. The quantitative estimate of drug-likeness (QED) is 0.0291. The summed E-state index contributed by atoms with van der Waals surface area (Å²) in [5, 5.41) is 25.1. The zero-order valence-electron chi connectivity index (χ0n) is 50.9. The Labute approximate surface area is 498 Å². The van der Waals surface area contributed by atoms with E-state index in [4.69, 9.17) is 0 Å². The van der Waals surface area contributed by atoms with E-state index in [1.807, 2.05) is 0 Å². The number of aryl methyl sites for hydroxylation is 4. The molecule has 0 aliphatic heterocycles. The van der Waals surface area contributed by atoms with Crippen LogP contribution in [0.2, 0.25) is 0 Å². The molecule has 0 spiro atoms. The van der Waals surface area contributed by atoms with Gasteiger partial charge in [-0.1, -0.05) is 239 Å². The third kappa shape index (κ3) is 9.74. The van der Waals surface area contributed by atoms with Gasteiger partial charge in [0.25, 0.3) is 0 Å². The van der Waals surface area contributed by atoms with E-state index >= 15 is 0 Å². The lowest BCUT2D eigenvalue weighted by Crippen LogP contribution is -1.97. The first kappa shape index (κ1) is 54.5. The second-order valence-corrected chi connectivity index (χ2v) is 25.4. The van der Waals surface area contributed by atoms with Gasteiger partial charge in [0.05, 0.1) is 0 Å². The number of unbranched alkanes of at least 4 members (excludes halogenated alkanes) is 18. The highest BCUT2D eigenvalue weighted by Gasteiger charge is 2.24. The molecule has 0 aliphatic rings. The van der Waals surface area contributed by atoms with E-state index in [1.165, 1.54) is 281 Å². The van der Waals surface area contributed by atoms with E-state index in [1.54, 1.807) is 0 Å². The minimum absolute atomic E-state index is 0.952. The van der Waals surface area contributed by atoms with Crippen LogP contribution in [-0.4, -0.2) is 9.13 Å². The minimum Gasteiger partial charge on any atom is -0.341 e. The number of para-hydroxylation sites is 2. The Kier molecular flexibility index (Phi) is 15.5. The molecule has 2 nitrogen and oxygen atoms in total. The maximum absolute atomic E-state index is 2.67. The van der Waals surface area contributed by atoms with Gasteiger partial charge in [-0.15, -0.1) is 0 Å². The Morgan fingerprint density at radius 2 is 0.536 bits per heavy atom. The molecule has 12 aromatic carbocycles. The fourth-order valence-electron chi connectivity index (χ4n) is 15.8. The number of aromatic nitrogens is 2. The Balaban J connectivity index is 0.943. The van der Waals surface area contributed by atoms with Gasteiger partial charge in [0.15, 0.2) is 0 Å². The molecule has 84 heavy (non-hydrogen) atoms. The third-order valence-electron chi connectivity index (χ3n) is 20.1. The molecule has 14 rings (SSSR count). The van der Waals surface area contributed by atoms with Crippen LogP contribution in [0.4, 0.5) is 0 Å². The number of hydrogen-bond acceptors (Lipinski definition) is 0. The molecular formula is C82H86N2. The van der Waals surface area contributed by atoms with Crippen molar-refractivity contribution in [2.45, 2.75) is 182 Å². The van der Waals surface area contributed by atoms with Crippen molar-refractivity contribution in [2.75, 3.05) is 0 Å². The molecule has 0 bridgehead atoms. The smallest absolute Gasteiger partial charge is 0.0491 e. The topological polar surface area (TPSA) is 9.86 Å². The molecule has 2 heterocycles. The van der Waals surface area contributed by atoms with Crippen LogP contribution in [-0.2, 0) is 25.9 Å². The zero-order chi connectivity index (χ0) is 56.7. The van der Waals surface area contributed by atoms with Crippen LogP contribution in [0.3, 0.4) is 0 Å². The SMILES string of the molecule is CCCCCCCCCCCCc1cc2c3cc(-c4ccc5c(c4)c4ccccc4n5CC)ccc3c3ccc4c5ccc(-c6ccc7c(c6)c6ccccc6n7CC)cc5c5cc(CCCCCCCCCCCC)cc6c(c1)c2c3c4c56. The van der Waals surface area contributed by atoms with Gasteiger partial charge in [-0.25, -0.2) is 0 Å². The van der Waals surface area contributed by atoms with E-state index in [9.17, 15) is 0 Å². The average Bonchev–Trinajstić information content (AvgIpc) is 0.994. The second kappa shape index (κ2) is 23.9. The highest BCUT2D eigenvalue weighted by molar-refractivity contribution is 6.47. The van der Waals surface area contributed by atoms with Crippen LogP contribution in [0, 0.1) is 0 Å². The maximum atomic E-state index is 2.67. The number of nitrogens with zero attached hydrogens (tertiary/aromatic N) is 2. The van der Waals surface area contributed by atoms with E-state index in [0.717, 1.165) is 25.9 Å². The van der Waals surface area contributed by atoms with Crippen molar-refractivity contribution in [1.82, 2.24) is 9.13 Å². The summed E-state index contributed by atoms with van der Waals surface area (Å²) in [4.78, 5) is 0. The number of fused-ring (bicyclic) bond motifs is 13. The van der Waals surface area contributed by atoms with E-state index in [0.29, 0.717) is 0 Å². The lowest BCUT2D eigenvalue weighted by atomic mass is 9.79. The van der Waals surface area contributed by atoms with Gasteiger partial charge in [-0.2, -0.15) is 0 Å².